The lowest BCUT2D eigenvalue weighted by atomic mass is 10.0. The Balaban J connectivity index is 1.70. The van der Waals surface area contributed by atoms with Crippen LogP contribution in [-0.2, 0) is 4.74 Å². The van der Waals surface area contributed by atoms with Gasteiger partial charge in [-0.3, -0.25) is 0 Å². The van der Waals surface area contributed by atoms with Crippen LogP contribution >= 0.6 is 0 Å². The number of hydrogen-bond donors (Lipinski definition) is 1. The van der Waals surface area contributed by atoms with E-state index in [0.717, 1.165) is 32.5 Å². The number of ether oxygens (including phenoxy) is 1. The molecule has 3 fully saturated rings. The topological polar surface area (TPSA) is 53.1 Å². The smallest absolute Gasteiger partial charge is 0.407 e. The molecular formula is C9H13NO3. The first-order chi connectivity index (χ1) is 6.19. The summed E-state index contributed by atoms with van der Waals surface area (Å²) in [4.78, 5) is 12.3. The zero-order chi connectivity index (χ0) is 9.05. The number of amides is 1. The van der Waals surface area contributed by atoms with Gasteiger partial charge in [0.15, 0.2) is 0 Å². The predicted molar refractivity (Wildman–Crippen MR) is 44.5 cm³/mol. The molecule has 2 heterocycles. The van der Waals surface area contributed by atoms with Crippen molar-refractivity contribution < 1.29 is 14.6 Å². The second kappa shape index (κ2) is 2.18. The summed E-state index contributed by atoms with van der Waals surface area (Å²) in [6.07, 6.45) is 1.41. The van der Waals surface area contributed by atoms with Crippen molar-refractivity contribution >= 4 is 6.09 Å². The third-order valence-corrected chi connectivity index (χ3v) is 3.67. The van der Waals surface area contributed by atoms with Crippen LogP contribution in [0.15, 0.2) is 0 Å². The van der Waals surface area contributed by atoms with Crippen LogP contribution in [0, 0.1) is 11.8 Å². The second-order valence-corrected chi connectivity index (χ2v) is 4.59. The summed E-state index contributed by atoms with van der Waals surface area (Å²) in [7, 11) is 0. The van der Waals surface area contributed by atoms with E-state index in [9.17, 15) is 4.79 Å². The molecule has 2 atom stereocenters. The Morgan fingerprint density at radius 3 is 2.31 bits per heavy atom. The van der Waals surface area contributed by atoms with E-state index in [1.807, 2.05) is 0 Å². The Hall–Kier alpha value is -0.770. The van der Waals surface area contributed by atoms with Crippen LogP contribution in [0.3, 0.4) is 0 Å². The summed E-state index contributed by atoms with van der Waals surface area (Å²) < 4.78 is 5.42. The fourth-order valence-corrected chi connectivity index (χ4v) is 2.93. The molecule has 4 heteroatoms. The largest absolute Gasteiger partial charge is 0.465 e. The highest BCUT2D eigenvalue weighted by Gasteiger charge is 2.57. The van der Waals surface area contributed by atoms with Crippen molar-refractivity contribution in [3.63, 3.8) is 0 Å². The van der Waals surface area contributed by atoms with E-state index in [4.69, 9.17) is 9.84 Å². The molecule has 0 aromatic carbocycles. The first-order valence-electron chi connectivity index (χ1n) is 4.80. The number of likely N-dealkylation sites (tertiary alicyclic amines) is 1. The minimum atomic E-state index is -0.764. The number of epoxide rings is 1. The van der Waals surface area contributed by atoms with Crippen molar-refractivity contribution in [2.45, 2.75) is 18.4 Å². The molecule has 0 bridgehead atoms. The molecule has 2 unspecified atom stereocenters. The van der Waals surface area contributed by atoms with Crippen LogP contribution in [0.25, 0.3) is 0 Å². The third kappa shape index (κ3) is 1.05. The van der Waals surface area contributed by atoms with Crippen LogP contribution < -0.4 is 0 Å². The number of rotatable bonds is 0. The fourth-order valence-electron chi connectivity index (χ4n) is 2.93. The number of nitrogens with zero attached hydrogens (tertiary/aromatic N) is 1. The molecule has 3 aliphatic rings. The Morgan fingerprint density at radius 1 is 1.38 bits per heavy atom. The van der Waals surface area contributed by atoms with Crippen molar-refractivity contribution in [3.05, 3.63) is 0 Å². The Bertz CT molecular complexity index is 246. The summed E-state index contributed by atoms with van der Waals surface area (Å²) in [5.41, 5.74) is 0.194. The van der Waals surface area contributed by atoms with E-state index in [0.29, 0.717) is 11.8 Å². The van der Waals surface area contributed by atoms with E-state index in [1.165, 1.54) is 0 Å². The molecule has 2 saturated heterocycles. The van der Waals surface area contributed by atoms with Crippen LogP contribution in [0.5, 0.6) is 0 Å². The van der Waals surface area contributed by atoms with Gasteiger partial charge in [0.1, 0.15) is 0 Å². The molecule has 0 aromatic heterocycles. The van der Waals surface area contributed by atoms with Crippen molar-refractivity contribution in [1.29, 1.82) is 0 Å². The van der Waals surface area contributed by atoms with Gasteiger partial charge in [-0.1, -0.05) is 0 Å². The summed E-state index contributed by atoms with van der Waals surface area (Å²) in [6.45, 7) is 2.36. The first kappa shape index (κ1) is 7.62. The summed E-state index contributed by atoms with van der Waals surface area (Å²) in [6, 6.07) is 0. The third-order valence-electron chi connectivity index (χ3n) is 3.67. The molecule has 1 N–H and O–H groups in total. The molecule has 13 heavy (non-hydrogen) atoms. The van der Waals surface area contributed by atoms with Gasteiger partial charge in [-0.15, -0.1) is 0 Å². The van der Waals surface area contributed by atoms with Crippen molar-refractivity contribution in [1.82, 2.24) is 4.90 Å². The van der Waals surface area contributed by atoms with E-state index < -0.39 is 6.09 Å². The fraction of sp³-hybridized carbons (Fsp3) is 0.889. The van der Waals surface area contributed by atoms with Gasteiger partial charge in [0.25, 0.3) is 0 Å². The lowest BCUT2D eigenvalue weighted by molar-refractivity contribution is 0.149. The maximum absolute atomic E-state index is 10.7. The van der Waals surface area contributed by atoms with Gasteiger partial charge in [0, 0.05) is 13.1 Å². The van der Waals surface area contributed by atoms with Crippen molar-refractivity contribution in [2.75, 3.05) is 19.7 Å². The maximum Gasteiger partial charge on any atom is 0.407 e. The van der Waals surface area contributed by atoms with E-state index in [1.54, 1.807) is 4.90 Å². The van der Waals surface area contributed by atoms with Crippen molar-refractivity contribution in [3.8, 4) is 0 Å². The molecule has 1 spiro atoms. The lowest BCUT2D eigenvalue weighted by Gasteiger charge is -2.13. The summed E-state index contributed by atoms with van der Waals surface area (Å²) in [5.74, 6) is 1.14. The zero-order valence-electron chi connectivity index (χ0n) is 7.40. The normalized spacial score (nSPS) is 46.9. The van der Waals surface area contributed by atoms with Gasteiger partial charge >= 0.3 is 6.09 Å². The molecule has 2 aliphatic heterocycles. The molecule has 3 rings (SSSR count). The second-order valence-electron chi connectivity index (χ2n) is 4.59. The molecule has 1 saturated carbocycles. The number of hydrogen-bond acceptors (Lipinski definition) is 2. The zero-order valence-corrected chi connectivity index (χ0v) is 7.40. The Kier molecular flexibility index (Phi) is 1.28. The molecular weight excluding hydrogens is 170 g/mol. The average molecular weight is 183 g/mol. The highest BCUT2D eigenvalue weighted by Crippen LogP contribution is 2.51. The number of fused-ring (bicyclic) bond motifs is 1. The monoisotopic (exact) mass is 183 g/mol. The van der Waals surface area contributed by atoms with Crippen LogP contribution in [0.2, 0.25) is 0 Å². The molecule has 72 valence electrons. The Morgan fingerprint density at radius 2 is 1.92 bits per heavy atom. The van der Waals surface area contributed by atoms with Crippen LogP contribution in [-0.4, -0.2) is 41.4 Å². The highest BCUT2D eigenvalue weighted by molar-refractivity contribution is 5.65. The molecule has 1 amide bonds. The highest BCUT2D eigenvalue weighted by atomic mass is 16.6. The quantitative estimate of drug-likeness (QED) is 0.564. The van der Waals surface area contributed by atoms with Gasteiger partial charge in [-0.05, 0) is 24.7 Å². The average Bonchev–Trinajstić information content (AvgIpc) is 2.49. The Labute approximate surface area is 76.5 Å². The van der Waals surface area contributed by atoms with E-state index in [2.05, 4.69) is 0 Å². The minimum absolute atomic E-state index is 0.194. The van der Waals surface area contributed by atoms with Crippen molar-refractivity contribution in [2.24, 2.45) is 11.8 Å². The predicted octanol–water partition coefficient (Wildman–Crippen LogP) is 0.775. The maximum atomic E-state index is 10.7. The van der Waals surface area contributed by atoms with E-state index in [-0.39, 0.29) is 5.60 Å². The van der Waals surface area contributed by atoms with Crippen LogP contribution in [0.4, 0.5) is 4.79 Å². The van der Waals surface area contributed by atoms with E-state index >= 15 is 0 Å². The molecule has 0 aromatic rings. The SMILES string of the molecule is O=C(O)N1CC2CC3(CO3)CC2C1. The number of carbonyl (C=O) groups is 1. The van der Waals surface area contributed by atoms with Gasteiger partial charge in [-0.25, -0.2) is 4.79 Å². The molecule has 1 aliphatic carbocycles. The van der Waals surface area contributed by atoms with Gasteiger partial charge < -0.3 is 14.7 Å². The summed E-state index contributed by atoms with van der Waals surface area (Å²) >= 11 is 0. The standard InChI is InChI=1S/C9H13NO3/c11-8(12)10-3-6-1-9(5-13-9)2-7(6)4-10/h6-7H,1-5H2,(H,11,12). The molecule has 4 nitrogen and oxygen atoms in total. The van der Waals surface area contributed by atoms with Crippen LogP contribution in [0.1, 0.15) is 12.8 Å². The molecule has 0 radical (unpaired) electrons. The minimum Gasteiger partial charge on any atom is -0.465 e. The van der Waals surface area contributed by atoms with Gasteiger partial charge in [0.2, 0.25) is 0 Å². The first-order valence-corrected chi connectivity index (χ1v) is 4.80. The van der Waals surface area contributed by atoms with Gasteiger partial charge in [0.05, 0.1) is 12.2 Å². The summed E-state index contributed by atoms with van der Waals surface area (Å²) in [5, 5.41) is 8.81. The van der Waals surface area contributed by atoms with Gasteiger partial charge in [-0.2, -0.15) is 0 Å². The lowest BCUT2D eigenvalue weighted by Crippen LogP contribution is -2.28. The number of carboxylic acid groups (broad SMARTS) is 1.